The van der Waals surface area contributed by atoms with Gasteiger partial charge in [0.1, 0.15) is 6.61 Å². The second-order valence-corrected chi connectivity index (χ2v) is 5.43. The molecule has 1 saturated carbocycles. The van der Waals surface area contributed by atoms with Gasteiger partial charge in [0.15, 0.2) is 0 Å². The summed E-state index contributed by atoms with van der Waals surface area (Å²) in [6.45, 7) is 2.04. The van der Waals surface area contributed by atoms with Gasteiger partial charge in [-0.25, -0.2) is 0 Å². The Morgan fingerprint density at radius 2 is 1.95 bits per heavy atom. The molecule has 0 aromatic heterocycles. The summed E-state index contributed by atoms with van der Waals surface area (Å²) in [7, 11) is 0. The third kappa shape index (κ3) is 8.47. The van der Waals surface area contributed by atoms with Crippen LogP contribution in [0.2, 0.25) is 0 Å². The maximum Gasteiger partial charge on any atom is 0.411 e. The molecule has 0 bridgehead atoms. The van der Waals surface area contributed by atoms with E-state index in [1.54, 1.807) is 0 Å². The van der Waals surface area contributed by atoms with Crippen molar-refractivity contribution in [2.75, 3.05) is 13.2 Å². The first-order chi connectivity index (χ1) is 9.01. The van der Waals surface area contributed by atoms with Crippen LogP contribution in [-0.4, -0.2) is 31.5 Å². The zero-order chi connectivity index (χ0) is 14.1. The van der Waals surface area contributed by atoms with Crippen molar-refractivity contribution in [3.05, 3.63) is 0 Å². The minimum atomic E-state index is -4.21. The van der Waals surface area contributed by atoms with E-state index in [9.17, 15) is 13.2 Å². The quantitative estimate of drug-likeness (QED) is 0.678. The molecule has 0 aromatic rings. The van der Waals surface area contributed by atoms with Crippen LogP contribution >= 0.6 is 0 Å². The minimum absolute atomic E-state index is 0.233. The molecule has 0 aromatic carbocycles. The molecular formula is C14H26F3NO. The van der Waals surface area contributed by atoms with E-state index in [0.717, 1.165) is 32.2 Å². The topological polar surface area (TPSA) is 21.3 Å². The van der Waals surface area contributed by atoms with Crippen molar-refractivity contribution in [1.29, 1.82) is 0 Å². The highest BCUT2D eigenvalue weighted by molar-refractivity contribution is 4.78. The molecule has 19 heavy (non-hydrogen) atoms. The van der Waals surface area contributed by atoms with Crippen LogP contribution < -0.4 is 5.32 Å². The predicted molar refractivity (Wildman–Crippen MR) is 70.2 cm³/mol. The molecule has 0 heterocycles. The molecule has 1 rings (SSSR count). The number of halogens is 3. The zero-order valence-corrected chi connectivity index (χ0v) is 11.8. The van der Waals surface area contributed by atoms with Crippen LogP contribution in [0.1, 0.15) is 58.3 Å². The van der Waals surface area contributed by atoms with Crippen molar-refractivity contribution >= 4 is 0 Å². The monoisotopic (exact) mass is 281 g/mol. The largest absolute Gasteiger partial charge is 0.411 e. The van der Waals surface area contributed by atoms with Crippen molar-refractivity contribution in [2.45, 2.75) is 76.6 Å². The van der Waals surface area contributed by atoms with Crippen molar-refractivity contribution in [3.63, 3.8) is 0 Å². The molecule has 5 heteroatoms. The summed E-state index contributed by atoms with van der Waals surface area (Å²) in [5, 5.41) is 3.45. The highest BCUT2D eigenvalue weighted by Gasteiger charge is 2.31. The van der Waals surface area contributed by atoms with E-state index in [1.807, 2.05) is 0 Å². The van der Waals surface area contributed by atoms with Gasteiger partial charge in [0.05, 0.1) is 6.10 Å². The van der Waals surface area contributed by atoms with Crippen LogP contribution in [-0.2, 0) is 4.74 Å². The second kappa shape index (κ2) is 8.80. The molecule has 114 valence electrons. The molecule has 1 aliphatic rings. The van der Waals surface area contributed by atoms with E-state index in [1.165, 1.54) is 19.3 Å². The van der Waals surface area contributed by atoms with Crippen molar-refractivity contribution in [2.24, 2.45) is 0 Å². The Balaban J connectivity index is 2.12. The molecule has 2 unspecified atom stereocenters. The Morgan fingerprint density at radius 1 is 1.16 bits per heavy atom. The first kappa shape index (κ1) is 16.8. The number of alkyl halides is 3. The fourth-order valence-corrected chi connectivity index (χ4v) is 2.55. The van der Waals surface area contributed by atoms with E-state index in [-0.39, 0.29) is 6.10 Å². The third-order valence-electron chi connectivity index (χ3n) is 3.57. The van der Waals surface area contributed by atoms with E-state index in [4.69, 9.17) is 4.74 Å². The summed E-state index contributed by atoms with van der Waals surface area (Å²) in [6, 6.07) is 0.327. The molecule has 0 aliphatic heterocycles. The average molecular weight is 281 g/mol. The lowest BCUT2D eigenvalue weighted by Gasteiger charge is -2.30. The highest BCUT2D eigenvalue weighted by Crippen LogP contribution is 2.24. The van der Waals surface area contributed by atoms with E-state index in [0.29, 0.717) is 12.5 Å². The third-order valence-corrected chi connectivity index (χ3v) is 3.57. The average Bonchev–Trinajstić information content (AvgIpc) is 2.36. The number of hydrogen-bond donors (Lipinski definition) is 1. The molecule has 1 aliphatic carbocycles. The molecule has 2 atom stereocenters. The van der Waals surface area contributed by atoms with Gasteiger partial charge in [0, 0.05) is 6.04 Å². The molecule has 1 fully saturated rings. The Labute approximate surface area is 114 Å². The molecule has 1 N–H and O–H groups in total. The SMILES string of the molecule is CCCCCCNC1CCCC(OCC(F)(F)F)C1. The number of unbranched alkanes of at least 4 members (excludes halogenated alkanes) is 3. The summed E-state index contributed by atoms with van der Waals surface area (Å²) in [5.74, 6) is 0. The van der Waals surface area contributed by atoms with E-state index in [2.05, 4.69) is 12.2 Å². The smallest absolute Gasteiger partial charge is 0.369 e. The Morgan fingerprint density at radius 3 is 2.63 bits per heavy atom. The Kier molecular flexibility index (Phi) is 7.76. The molecule has 0 amide bonds. The normalized spacial score (nSPS) is 24.6. The van der Waals surface area contributed by atoms with E-state index < -0.39 is 12.8 Å². The van der Waals surface area contributed by atoms with Gasteiger partial charge in [-0.3, -0.25) is 0 Å². The first-order valence-electron chi connectivity index (χ1n) is 7.43. The lowest BCUT2D eigenvalue weighted by atomic mass is 9.92. The number of ether oxygens (including phenoxy) is 1. The zero-order valence-electron chi connectivity index (χ0n) is 11.8. The second-order valence-electron chi connectivity index (χ2n) is 5.43. The van der Waals surface area contributed by atoms with Gasteiger partial charge in [-0.15, -0.1) is 0 Å². The minimum Gasteiger partial charge on any atom is -0.369 e. The van der Waals surface area contributed by atoms with E-state index >= 15 is 0 Å². The number of nitrogens with one attached hydrogen (secondary N) is 1. The molecule has 2 nitrogen and oxygen atoms in total. The standard InChI is InChI=1S/C14H26F3NO/c1-2-3-4-5-9-18-12-7-6-8-13(10-12)19-11-14(15,16)17/h12-13,18H,2-11H2,1H3. The summed E-state index contributed by atoms with van der Waals surface area (Å²) >= 11 is 0. The van der Waals surface area contributed by atoms with Crippen molar-refractivity contribution in [1.82, 2.24) is 5.32 Å². The fourth-order valence-electron chi connectivity index (χ4n) is 2.55. The van der Waals surface area contributed by atoms with Gasteiger partial charge in [-0.1, -0.05) is 26.2 Å². The van der Waals surface area contributed by atoms with Gasteiger partial charge in [0.2, 0.25) is 0 Å². The maximum atomic E-state index is 12.1. The van der Waals surface area contributed by atoms with Crippen molar-refractivity contribution in [3.8, 4) is 0 Å². The van der Waals surface area contributed by atoms with Crippen LogP contribution in [0.25, 0.3) is 0 Å². The molecular weight excluding hydrogens is 255 g/mol. The predicted octanol–water partition coefficient (Wildman–Crippen LogP) is 4.05. The lowest BCUT2D eigenvalue weighted by Crippen LogP contribution is -2.38. The van der Waals surface area contributed by atoms with Gasteiger partial charge in [-0.2, -0.15) is 13.2 Å². The van der Waals surface area contributed by atoms with Crippen LogP contribution in [0.5, 0.6) is 0 Å². The summed E-state index contributed by atoms with van der Waals surface area (Å²) in [5.41, 5.74) is 0. The Hall–Kier alpha value is -0.290. The molecule has 0 radical (unpaired) electrons. The first-order valence-corrected chi connectivity index (χ1v) is 7.43. The van der Waals surface area contributed by atoms with Crippen LogP contribution in [0.4, 0.5) is 13.2 Å². The molecule has 0 saturated heterocycles. The number of rotatable bonds is 8. The van der Waals surface area contributed by atoms with Crippen molar-refractivity contribution < 1.29 is 17.9 Å². The van der Waals surface area contributed by atoms with Crippen LogP contribution in [0.3, 0.4) is 0 Å². The van der Waals surface area contributed by atoms with Gasteiger partial charge < -0.3 is 10.1 Å². The summed E-state index contributed by atoms with van der Waals surface area (Å²) < 4.78 is 41.2. The lowest BCUT2D eigenvalue weighted by molar-refractivity contribution is -0.188. The summed E-state index contributed by atoms with van der Waals surface area (Å²) in [6.07, 6.45) is 3.88. The summed E-state index contributed by atoms with van der Waals surface area (Å²) in [4.78, 5) is 0. The van der Waals surface area contributed by atoms with Gasteiger partial charge in [0.25, 0.3) is 0 Å². The van der Waals surface area contributed by atoms with Gasteiger partial charge in [-0.05, 0) is 38.6 Å². The molecule has 0 spiro atoms. The van der Waals surface area contributed by atoms with Crippen LogP contribution in [0, 0.1) is 0 Å². The van der Waals surface area contributed by atoms with Crippen LogP contribution in [0.15, 0.2) is 0 Å². The maximum absolute atomic E-state index is 12.1. The highest BCUT2D eigenvalue weighted by atomic mass is 19.4. The fraction of sp³-hybridized carbons (Fsp3) is 1.00. The van der Waals surface area contributed by atoms with Gasteiger partial charge >= 0.3 is 6.18 Å². The number of hydrogen-bond acceptors (Lipinski definition) is 2. The Bertz CT molecular complexity index is 233.